The molecule has 44 heavy (non-hydrogen) atoms. The van der Waals surface area contributed by atoms with E-state index in [2.05, 4.69) is 0 Å². The Morgan fingerprint density at radius 3 is 2.11 bits per heavy atom. The van der Waals surface area contributed by atoms with Gasteiger partial charge in [0.2, 0.25) is 5.91 Å². The Labute approximate surface area is 245 Å². The maximum atomic E-state index is 15.0. The molecule has 3 aliphatic rings. The summed E-state index contributed by atoms with van der Waals surface area (Å²) in [7, 11) is -9.10. The van der Waals surface area contributed by atoms with Crippen LogP contribution in [-0.4, -0.2) is 62.3 Å². The molecule has 5 rings (SSSR count). The Kier molecular flexibility index (Phi) is 7.61. The highest BCUT2D eigenvalue weighted by Crippen LogP contribution is 2.57. The van der Waals surface area contributed by atoms with Crippen molar-refractivity contribution in [3.8, 4) is 0 Å². The molecule has 1 amide bonds. The van der Waals surface area contributed by atoms with Crippen molar-refractivity contribution in [2.24, 2.45) is 5.41 Å². The summed E-state index contributed by atoms with van der Waals surface area (Å²) < 4.78 is 158. The molecule has 8 nitrogen and oxygen atoms in total. The normalized spacial score (nSPS) is 29.7. The van der Waals surface area contributed by atoms with Crippen LogP contribution in [0, 0.1) is 11.2 Å². The Morgan fingerprint density at radius 1 is 1.00 bits per heavy atom. The van der Waals surface area contributed by atoms with E-state index in [0.29, 0.717) is 12.1 Å². The molecule has 2 aliphatic heterocycles. The van der Waals surface area contributed by atoms with Crippen LogP contribution < -0.4 is 0 Å². The molecule has 0 spiro atoms. The van der Waals surface area contributed by atoms with Crippen LogP contribution in [0.2, 0.25) is 0 Å². The molecule has 0 saturated carbocycles. The van der Waals surface area contributed by atoms with Crippen LogP contribution in [0.5, 0.6) is 0 Å². The lowest BCUT2D eigenvalue weighted by Gasteiger charge is -2.45. The molecule has 2 heterocycles. The Morgan fingerprint density at radius 2 is 1.57 bits per heavy atom. The number of fused-ring (bicyclic) bond motifs is 3. The summed E-state index contributed by atoms with van der Waals surface area (Å²) in [4.78, 5) is 24.1. The molecule has 0 radical (unpaired) electrons. The number of carbonyl (C=O) groups is 1. The van der Waals surface area contributed by atoms with Gasteiger partial charge < -0.3 is 9.79 Å². The van der Waals surface area contributed by atoms with E-state index in [1.54, 1.807) is 0 Å². The molecule has 242 valence electrons. The number of likely N-dealkylation sites (tertiary alicyclic amines) is 1. The van der Waals surface area contributed by atoms with Gasteiger partial charge in [0.1, 0.15) is 10.6 Å². The Hall–Kier alpha value is -2.59. The third-order valence-corrected chi connectivity index (χ3v) is 12.0. The fourth-order valence-corrected chi connectivity index (χ4v) is 9.63. The second-order valence-corrected chi connectivity index (χ2v) is 14.9. The van der Waals surface area contributed by atoms with Crippen LogP contribution in [0.3, 0.4) is 0 Å². The molecule has 2 atom stereocenters. The SMILES string of the molecule is CC1(C(=O)N2CC[C@]3(S(=O)(=O)c4ccc(F)cc4)c4ccc(C(F)(C(F)(F)F)C(F)(F)F)cc4CC[C@H]23)COP(=O)(O)OC1. The summed E-state index contributed by atoms with van der Waals surface area (Å²) in [6.07, 6.45) is -13.8. The minimum absolute atomic E-state index is 0.231. The number of phosphoric ester groups is 1. The van der Waals surface area contributed by atoms with Crippen LogP contribution in [0.15, 0.2) is 47.4 Å². The summed E-state index contributed by atoms with van der Waals surface area (Å²) in [5.74, 6) is -1.53. The van der Waals surface area contributed by atoms with E-state index in [1.165, 1.54) is 11.8 Å². The maximum absolute atomic E-state index is 15.0. The molecular weight excluding hydrogens is 653 g/mol. The van der Waals surface area contributed by atoms with Crippen molar-refractivity contribution in [1.82, 2.24) is 4.90 Å². The zero-order chi connectivity index (χ0) is 32.7. The van der Waals surface area contributed by atoms with Crippen molar-refractivity contribution in [1.29, 1.82) is 0 Å². The fraction of sp³-hybridized carbons (Fsp3) is 0.500. The van der Waals surface area contributed by atoms with E-state index in [-0.39, 0.29) is 43.0 Å². The molecule has 0 bridgehead atoms. The topological polar surface area (TPSA) is 110 Å². The molecule has 2 fully saturated rings. The maximum Gasteiger partial charge on any atom is 0.472 e. The smallest absolute Gasteiger partial charge is 0.337 e. The standard InChI is InChI=1S/C26H24F8NO7PS/c1-22(13-41-43(37,38)42-14-22)21(36)35-11-10-23(44(39,40)18-6-4-17(27)5-7-18)19-8-3-16(12-15(19)2-9-20(23)35)24(28,25(29,30)31)26(32,33)34/h3-8,12,20H,2,9-11,13-14H2,1H3,(H,37,38)/t20-,23-/m0/s1. The minimum atomic E-state index is -6.40. The Bertz CT molecular complexity index is 1620. The first-order chi connectivity index (χ1) is 20.1. The van der Waals surface area contributed by atoms with Gasteiger partial charge >= 0.3 is 25.8 Å². The lowest BCUT2D eigenvalue weighted by molar-refractivity contribution is -0.348. The van der Waals surface area contributed by atoms with Crippen molar-refractivity contribution in [3.05, 3.63) is 65.0 Å². The average Bonchev–Trinajstić information content (AvgIpc) is 3.34. The second kappa shape index (κ2) is 10.2. The third-order valence-electron chi connectivity index (χ3n) is 8.54. The van der Waals surface area contributed by atoms with Crippen LogP contribution >= 0.6 is 7.82 Å². The summed E-state index contributed by atoms with van der Waals surface area (Å²) in [6.45, 7) is -0.0708. The Balaban J connectivity index is 1.67. The van der Waals surface area contributed by atoms with Crippen LogP contribution in [0.1, 0.15) is 36.5 Å². The van der Waals surface area contributed by atoms with Gasteiger partial charge in [-0.1, -0.05) is 18.2 Å². The largest absolute Gasteiger partial charge is 0.472 e. The first-order valence-electron chi connectivity index (χ1n) is 13.0. The van der Waals surface area contributed by atoms with Crippen molar-refractivity contribution in [3.63, 3.8) is 0 Å². The second-order valence-electron chi connectivity index (χ2n) is 11.3. The van der Waals surface area contributed by atoms with Crippen molar-refractivity contribution in [2.75, 3.05) is 19.8 Å². The summed E-state index contributed by atoms with van der Waals surface area (Å²) >= 11 is 0. The predicted octanol–water partition coefficient (Wildman–Crippen LogP) is 5.48. The van der Waals surface area contributed by atoms with Gasteiger partial charge in [0, 0.05) is 12.1 Å². The van der Waals surface area contributed by atoms with Gasteiger partial charge in [-0.3, -0.25) is 13.8 Å². The minimum Gasteiger partial charge on any atom is -0.337 e. The number of rotatable bonds is 4. The highest BCUT2D eigenvalue weighted by atomic mass is 32.2. The number of hydrogen-bond acceptors (Lipinski definition) is 6. The molecule has 1 N–H and O–H groups in total. The van der Waals surface area contributed by atoms with Crippen molar-refractivity contribution >= 4 is 23.6 Å². The number of benzene rings is 2. The average molecular weight is 678 g/mol. The molecule has 2 aromatic rings. The molecule has 2 aromatic carbocycles. The first kappa shape index (κ1) is 32.8. The number of halogens is 8. The van der Waals surface area contributed by atoms with Crippen LogP contribution in [0.25, 0.3) is 0 Å². The zero-order valence-electron chi connectivity index (χ0n) is 22.6. The summed E-state index contributed by atoms with van der Waals surface area (Å²) in [5, 5.41) is 0. The van der Waals surface area contributed by atoms with E-state index in [4.69, 9.17) is 9.05 Å². The van der Waals surface area contributed by atoms with E-state index < -0.39 is 87.3 Å². The van der Waals surface area contributed by atoms with E-state index in [0.717, 1.165) is 24.3 Å². The number of carbonyl (C=O) groups excluding carboxylic acids is 1. The van der Waals surface area contributed by atoms with Crippen LogP contribution in [0.4, 0.5) is 35.1 Å². The van der Waals surface area contributed by atoms with E-state index >= 15 is 0 Å². The van der Waals surface area contributed by atoms with Crippen molar-refractivity contribution < 1.29 is 66.8 Å². The highest BCUT2D eigenvalue weighted by molar-refractivity contribution is 7.92. The molecule has 18 heteroatoms. The molecule has 1 aliphatic carbocycles. The molecular formula is C26H24F8NO7PS. The highest BCUT2D eigenvalue weighted by Gasteiger charge is 2.74. The molecule has 2 saturated heterocycles. The van der Waals surface area contributed by atoms with E-state index in [9.17, 15) is 57.8 Å². The van der Waals surface area contributed by atoms with Gasteiger partial charge in [0.05, 0.1) is 29.6 Å². The van der Waals surface area contributed by atoms with Gasteiger partial charge in [0.15, 0.2) is 9.84 Å². The number of amides is 1. The number of alkyl halides is 7. The monoisotopic (exact) mass is 677 g/mol. The fourth-order valence-electron chi connectivity index (χ4n) is 6.29. The van der Waals surface area contributed by atoms with Gasteiger partial charge in [-0.25, -0.2) is 21.8 Å². The van der Waals surface area contributed by atoms with Gasteiger partial charge in [-0.05, 0) is 61.6 Å². The number of aryl methyl sites for hydroxylation is 1. The molecule has 0 unspecified atom stereocenters. The molecule has 0 aromatic heterocycles. The number of nitrogens with zero attached hydrogens (tertiary/aromatic N) is 1. The predicted molar refractivity (Wildman–Crippen MR) is 135 cm³/mol. The van der Waals surface area contributed by atoms with E-state index in [1.807, 2.05) is 0 Å². The number of phosphoric acid groups is 1. The summed E-state index contributed by atoms with van der Waals surface area (Å²) in [6, 6.07) is 3.60. The lowest BCUT2D eigenvalue weighted by atomic mass is 9.76. The van der Waals surface area contributed by atoms with Gasteiger partial charge in [0.25, 0.3) is 0 Å². The summed E-state index contributed by atoms with van der Waals surface area (Å²) in [5.41, 5.74) is -9.64. The quantitative estimate of drug-likeness (QED) is 0.259. The zero-order valence-corrected chi connectivity index (χ0v) is 24.3. The van der Waals surface area contributed by atoms with Gasteiger partial charge in [-0.15, -0.1) is 0 Å². The number of hydrogen-bond donors (Lipinski definition) is 1. The lowest BCUT2D eigenvalue weighted by Crippen LogP contribution is -2.56. The van der Waals surface area contributed by atoms with Crippen LogP contribution in [-0.2, 0) is 45.1 Å². The third kappa shape index (κ3) is 4.77. The van der Waals surface area contributed by atoms with Gasteiger partial charge in [-0.2, -0.15) is 26.3 Å². The first-order valence-corrected chi connectivity index (χ1v) is 16.0. The van der Waals surface area contributed by atoms with Crippen molar-refractivity contribution in [2.45, 2.75) is 59.9 Å². The number of sulfone groups is 1.